The molecule has 0 unspecified atom stereocenters. The second-order valence-electron chi connectivity index (χ2n) is 2.48. The molecule has 0 fully saturated rings. The second kappa shape index (κ2) is 3.45. The van der Waals surface area contributed by atoms with Gasteiger partial charge >= 0.3 is 0 Å². The van der Waals surface area contributed by atoms with Crippen LogP contribution in [0, 0.1) is 6.92 Å². The minimum absolute atomic E-state index is 0. The van der Waals surface area contributed by atoms with Crippen molar-refractivity contribution in [3.63, 3.8) is 0 Å². The fourth-order valence-corrected chi connectivity index (χ4v) is 0.933. The van der Waals surface area contributed by atoms with Crippen molar-refractivity contribution >= 4 is 8.41 Å². The van der Waals surface area contributed by atoms with Crippen molar-refractivity contribution in [3.05, 3.63) is 18.2 Å². The van der Waals surface area contributed by atoms with Gasteiger partial charge in [-0.3, -0.25) is 0 Å². The van der Waals surface area contributed by atoms with Crippen molar-refractivity contribution in [2.75, 3.05) is 0 Å². The highest BCUT2D eigenvalue weighted by molar-refractivity contribution is 5.75. The normalized spacial score (nSPS) is 9.60. The van der Waals surface area contributed by atoms with Crippen LogP contribution in [0.15, 0.2) is 12.4 Å². The molecule has 0 saturated heterocycles. The summed E-state index contributed by atoms with van der Waals surface area (Å²) in [5.74, 6) is 1.09. The molecule has 1 heterocycles. The van der Waals surface area contributed by atoms with Crippen molar-refractivity contribution < 1.29 is 0 Å². The van der Waals surface area contributed by atoms with Gasteiger partial charge in [0.1, 0.15) is 5.82 Å². The number of imidazole rings is 1. The zero-order valence-electron chi connectivity index (χ0n) is 6.70. The molecule has 0 atom stereocenters. The van der Waals surface area contributed by atoms with Crippen LogP contribution < -0.4 is 0 Å². The minimum atomic E-state index is 0. The van der Waals surface area contributed by atoms with Gasteiger partial charge in [-0.25, -0.2) is 4.98 Å². The first-order valence-corrected chi connectivity index (χ1v) is 3.21. The quantitative estimate of drug-likeness (QED) is 0.532. The Morgan fingerprint density at radius 1 is 1.50 bits per heavy atom. The van der Waals surface area contributed by atoms with Gasteiger partial charge in [0.05, 0.1) is 0 Å². The van der Waals surface area contributed by atoms with E-state index >= 15 is 0 Å². The first-order chi connectivity index (χ1) is 4.22. The topological polar surface area (TPSA) is 17.8 Å². The number of hydrogen-bond donors (Lipinski definition) is 0. The summed E-state index contributed by atoms with van der Waals surface area (Å²) in [4.78, 5) is 4.10. The molecule has 0 spiro atoms. The van der Waals surface area contributed by atoms with Crippen molar-refractivity contribution in [2.24, 2.45) is 0 Å². The molecule has 1 aromatic rings. The molecule has 0 aliphatic carbocycles. The molecule has 1 rings (SSSR count). The van der Waals surface area contributed by atoms with Gasteiger partial charge in [-0.1, -0.05) is 0 Å². The molecular weight excluding hydrogens is 123 g/mol. The summed E-state index contributed by atoms with van der Waals surface area (Å²) >= 11 is 0. The third kappa shape index (κ3) is 1.63. The smallest absolute Gasteiger partial charge is 0.105 e. The summed E-state index contributed by atoms with van der Waals surface area (Å²) in [5.41, 5.74) is 0. The highest BCUT2D eigenvalue weighted by Crippen LogP contribution is 2.05. The summed E-state index contributed by atoms with van der Waals surface area (Å²) in [6, 6.07) is 0.535. The van der Waals surface area contributed by atoms with E-state index in [-0.39, 0.29) is 8.41 Å². The molecule has 0 aromatic carbocycles. The molecule has 0 bridgehead atoms. The SMILES string of the molecule is Cc1nccn1C(C)C.[B]. The van der Waals surface area contributed by atoms with Crippen LogP contribution in [0.2, 0.25) is 0 Å². The first kappa shape index (κ1) is 9.27. The third-order valence-electron chi connectivity index (χ3n) is 1.42. The van der Waals surface area contributed by atoms with Crippen molar-refractivity contribution in [2.45, 2.75) is 26.8 Å². The highest BCUT2D eigenvalue weighted by atomic mass is 15.1. The van der Waals surface area contributed by atoms with E-state index < -0.39 is 0 Å². The molecule has 0 amide bonds. The van der Waals surface area contributed by atoms with E-state index in [9.17, 15) is 0 Å². The Kier molecular flexibility index (Phi) is 3.20. The maximum Gasteiger partial charge on any atom is 0.105 e. The number of nitrogens with zero attached hydrogens (tertiary/aromatic N) is 2. The van der Waals surface area contributed by atoms with Gasteiger partial charge < -0.3 is 4.57 Å². The molecule has 0 N–H and O–H groups in total. The lowest BCUT2D eigenvalue weighted by atomic mass is 10.4. The molecule has 2 nitrogen and oxygen atoms in total. The predicted octanol–water partition coefficient (Wildman–Crippen LogP) is 1.39. The van der Waals surface area contributed by atoms with Gasteiger partial charge in [0.25, 0.3) is 0 Å². The van der Waals surface area contributed by atoms with Gasteiger partial charge in [0, 0.05) is 26.8 Å². The molecule has 0 saturated carbocycles. The van der Waals surface area contributed by atoms with Crippen LogP contribution >= 0.6 is 0 Å². The number of hydrogen-bond acceptors (Lipinski definition) is 1. The van der Waals surface area contributed by atoms with Crippen LogP contribution in [-0.4, -0.2) is 18.0 Å². The van der Waals surface area contributed by atoms with Crippen molar-refractivity contribution in [1.29, 1.82) is 0 Å². The van der Waals surface area contributed by atoms with E-state index in [1.54, 1.807) is 0 Å². The Hall–Kier alpha value is -0.725. The van der Waals surface area contributed by atoms with Gasteiger partial charge in [-0.15, -0.1) is 0 Å². The third-order valence-corrected chi connectivity index (χ3v) is 1.42. The monoisotopic (exact) mass is 135 g/mol. The Bertz CT molecular complexity index is 193. The molecule has 0 aliphatic heterocycles. The first-order valence-electron chi connectivity index (χ1n) is 3.21. The zero-order chi connectivity index (χ0) is 6.85. The Morgan fingerprint density at radius 2 is 2.10 bits per heavy atom. The second-order valence-corrected chi connectivity index (χ2v) is 2.48. The van der Waals surface area contributed by atoms with Gasteiger partial charge in [-0.2, -0.15) is 0 Å². The Balaban J connectivity index is 0.000000810. The van der Waals surface area contributed by atoms with Crippen LogP contribution in [0.5, 0.6) is 0 Å². The number of aromatic nitrogens is 2. The summed E-state index contributed by atoms with van der Waals surface area (Å²) in [7, 11) is 0. The van der Waals surface area contributed by atoms with Gasteiger partial charge in [-0.05, 0) is 20.8 Å². The summed E-state index contributed by atoms with van der Waals surface area (Å²) < 4.78 is 2.14. The Labute approximate surface area is 63.9 Å². The molecule has 3 heteroatoms. The molecule has 53 valence electrons. The average molecular weight is 135 g/mol. The average Bonchev–Trinajstić information content (AvgIpc) is 2.13. The maximum atomic E-state index is 4.10. The van der Waals surface area contributed by atoms with Gasteiger partial charge in [0.2, 0.25) is 0 Å². The van der Waals surface area contributed by atoms with Gasteiger partial charge in [0.15, 0.2) is 0 Å². The largest absolute Gasteiger partial charge is 0.333 e. The number of aryl methyl sites for hydroxylation is 1. The van der Waals surface area contributed by atoms with E-state index in [4.69, 9.17) is 0 Å². The predicted molar refractivity (Wildman–Crippen MR) is 43.1 cm³/mol. The fourth-order valence-electron chi connectivity index (χ4n) is 0.933. The van der Waals surface area contributed by atoms with Crippen molar-refractivity contribution in [3.8, 4) is 0 Å². The lowest BCUT2D eigenvalue weighted by Crippen LogP contribution is -2.00. The summed E-state index contributed by atoms with van der Waals surface area (Å²) in [6.07, 6.45) is 3.83. The standard InChI is InChI=1S/C7H12N2.B/c1-6(2)9-5-4-8-7(9)3;/h4-6H,1-3H3;. The van der Waals surface area contributed by atoms with Crippen LogP contribution in [0.4, 0.5) is 0 Å². The van der Waals surface area contributed by atoms with Crippen LogP contribution in [0.1, 0.15) is 25.7 Å². The van der Waals surface area contributed by atoms with E-state index in [0.717, 1.165) is 5.82 Å². The summed E-state index contributed by atoms with van der Waals surface area (Å²) in [6.45, 7) is 6.31. The molecule has 0 aliphatic rings. The molecular formula is C7H12BN2. The molecule has 3 radical (unpaired) electrons. The van der Waals surface area contributed by atoms with Crippen LogP contribution in [0.3, 0.4) is 0 Å². The zero-order valence-corrected chi connectivity index (χ0v) is 6.70. The lowest BCUT2D eigenvalue weighted by molar-refractivity contribution is 0.582. The lowest BCUT2D eigenvalue weighted by Gasteiger charge is -2.07. The molecule has 1 aromatic heterocycles. The maximum absolute atomic E-state index is 4.10. The number of rotatable bonds is 1. The van der Waals surface area contributed by atoms with Crippen LogP contribution in [-0.2, 0) is 0 Å². The van der Waals surface area contributed by atoms with E-state index in [1.165, 1.54) is 0 Å². The van der Waals surface area contributed by atoms with E-state index in [2.05, 4.69) is 23.4 Å². The molecule has 10 heavy (non-hydrogen) atoms. The van der Waals surface area contributed by atoms with Crippen LogP contribution in [0.25, 0.3) is 0 Å². The Morgan fingerprint density at radius 3 is 2.30 bits per heavy atom. The minimum Gasteiger partial charge on any atom is -0.333 e. The van der Waals surface area contributed by atoms with Crippen molar-refractivity contribution in [1.82, 2.24) is 9.55 Å². The van der Waals surface area contributed by atoms with E-state index in [1.807, 2.05) is 19.3 Å². The highest BCUT2D eigenvalue weighted by Gasteiger charge is 1.98. The van der Waals surface area contributed by atoms with E-state index in [0.29, 0.717) is 6.04 Å². The fraction of sp³-hybridized carbons (Fsp3) is 0.571. The summed E-state index contributed by atoms with van der Waals surface area (Å²) in [5, 5.41) is 0.